The fourth-order valence-corrected chi connectivity index (χ4v) is 11.0. The molecule has 6 nitrogen and oxygen atoms in total. The van der Waals surface area contributed by atoms with E-state index < -0.39 is 45.0 Å². The van der Waals surface area contributed by atoms with Crippen molar-refractivity contribution in [1.29, 1.82) is 0 Å². The van der Waals surface area contributed by atoms with Gasteiger partial charge in [-0.15, -0.1) is 24.5 Å². The van der Waals surface area contributed by atoms with Gasteiger partial charge in [-0.1, -0.05) is 72.2 Å². The van der Waals surface area contributed by atoms with Crippen LogP contribution >= 0.6 is 41.4 Å². The smallest absolute Gasteiger partial charge is 0.346 e. The van der Waals surface area contributed by atoms with Crippen LogP contribution in [0.4, 0.5) is 0 Å². The van der Waals surface area contributed by atoms with Crippen LogP contribution in [0.25, 0.3) is 0 Å². The van der Waals surface area contributed by atoms with Crippen LogP contribution in [0.15, 0.2) is 0 Å². The summed E-state index contributed by atoms with van der Waals surface area (Å²) in [6.07, 6.45) is 10.3. The van der Waals surface area contributed by atoms with E-state index in [0.717, 1.165) is 69.2 Å². The number of esters is 3. The minimum Gasteiger partial charge on any atom is -0.457 e. The molecule has 0 aliphatic heterocycles. The van der Waals surface area contributed by atoms with E-state index in [0.29, 0.717) is 19.3 Å². The predicted molar refractivity (Wildman–Crippen MR) is 175 cm³/mol. The topological polar surface area (TPSA) is 78.9 Å². The molecule has 0 radical (unpaired) electrons. The fourth-order valence-electron chi connectivity index (χ4n) is 6.78. The Morgan fingerprint density at radius 2 is 0.780 bits per heavy atom. The van der Waals surface area contributed by atoms with Gasteiger partial charge in [0.05, 0.1) is 5.53 Å². The molecule has 10 heteroatoms. The molecule has 41 heavy (non-hydrogen) atoms. The second-order valence-corrected chi connectivity index (χ2v) is 23.1. The molecule has 0 heterocycles. The van der Waals surface area contributed by atoms with E-state index in [1.54, 1.807) is 0 Å². The van der Waals surface area contributed by atoms with E-state index in [1.807, 2.05) is 20.8 Å². The van der Waals surface area contributed by atoms with Gasteiger partial charge in [-0.05, 0) is 78.6 Å². The van der Waals surface area contributed by atoms with Crippen molar-refractivity contribution in [2.24, 2.45) is 16.2 Å². The number of carbonyl (C=O) groups excluding carboxylic acids is 3. The molecule has 3 aliphatic rings. The summed E-state index contributed by atoms with van der Waals surface area (Å²) >= 11 is 9.82. The molecule has 0 bridgehead atoms. The molecular weight excluding hydrogens is 596 g/mol. The summed E-state index contributed by atoms with van der Waals surface area (Å²) in [5.74, 6) is -2.79. The van der Waals surface area contributed by atoms with Gasteiger partial charge in [-0.2, -0.15) is 0 Å². The predicted octanol–water partition coefficient (Wildman–Crippen LogP) is 9.25. The third kappa shape index (κ3) is 6.78. The van der Waals surface area contributed by atoms with Gasteiger partial charge >= 0.3 is 22.7 Å². The Kier molecular flexibility index (Phi) is 10.7. The summed E-state index contributed by atoms with van der Waals surface area (Å²) in [6, 6.07) is 0. The lowest BCUT2D eigenvalue weighted by Gasteiger charge is -2.50. The van der Waals surface area contributed by atoms with Crippen LogP contribution in [0.1, 0.15) is 139 Å². The van der Waals surface area contributed by atoms with Crippen molar-refractivity contribution in [2.75, 3.05) is 0 Å². The Morgan fingerprint density at radius 1 is 0.537 bits per heavy atom. The molecule has 0 saturated heterocycles. The highest BCUT2D eigenvalue weighted by Crippen LogP contribution is 2.65. The molecule has 3 unspecified atom stereocenters. The van der Waals surface area contributed by atoms with Crippen LogP contribution in [0, 0.1) is 16.2 Å². The molecule has 3 rings (SSSR count). The van der Waals surface area contributed by atoms with Crippen molar-refractivity contribution in [2.45, 2.75) is 161 Å². The van der Waals surface area contributed by atoms with Crippen molar-refractivity contribution in [1.82, 2.24) is 0 Å². The van der Waals surface area contributed by atoms with Crippen LogP contribution < -0.4 is 0 Å². The third-order valence-corrected chi connectivity index (χ3v) is 15.2. The normalized spacial score (nSPS) is 34.2. The van der Waals surface area contributed by atoms with Gasteiger partial charge in [0.25, 0.3) is 0 Å². The van der Waals surface area contributed by atoms with Gasteiger partial charge in [-0.25, -0.2) is 14.4 Å². The largest absolute Gasteiger partial charge is 0.457 e. The average Bonchev–Trinajstić information content (AvgIpc) is 2.83. The highest BCUT2D eigenvalue weighted by molar-refractivity contribution is 9.06. The van der Waals surface area contributed by atoms with Gasteiger partial charge in [0.1, 0.15) is 16.8 Å². The number of carbonyl (C=O) groups is 3. The standard InChI is InChI=1S/C31H53O6PS3/c1-25(2)16-10-13-19-28(25,7)35-22(32)31(41-38(39)40,23(33)36-29(8)20-14-11-17-26(29,3)4)24(34)37-30(9)21-15-12-18-27(30,5)6/h39-40H,10-21H2,1-9H3. The van der Waals surface area contributed by atoms with Crippen LogP contribution in [-0.4, -0.2) is 39.5 Å². The first kappa shape index (κ1) is 35.4. The monoisotopic (exact) mass is 648 g/mol. The molecule has 0 spiro atoms. The van der Waals surface area contributed by atoms with E-state index in [9.17, 15) is 14.4 Å². The number of hydrogen-bond acceptors (Lipinski definition) is 9. The first-order chi connectivity index (χ1) is 18.7. The summed E-state index contributed by atoms with van der Waals surface area (Å²) in [4.78, 5) is 43.7. The minimum absolute atomic E-state index is 0.341. The van der Waals surface area contributed by atoms with Gasteiger partial charge < -0.3 is 14.2 Å². The van der Waals surface area contributed by atoms with Crippen LogP contribution in [0.2, 0.25) is 0 Å². The number of ether oxygens (including phenoxy) is 3. The number of thiol groups is 2. The molecule has 3 fully saturated rings. The Hall–Kier alpha value is -0.110. The minimum atomic E-state index is -2.40. The maximum atomic E-state index is 14.6. The number of hydrogen-bond donors (Lipinski definition) is 2. The highest BCUT2D eigenvalue weighted by Gasteiger charge is 2.65. The second-order valence-electron chi connectivity index (χ2n) is 15.2. The zero-order chi connectivity index (χ0) is 31.1. The molecular formula is C31H53O6PS3. The van der Waals surface area contributed by atoms with Crippen molar-refractivity contribution in [3.05, 3.63) is 0 Å². The lowest BCUT2D eigenvalue weighted by atomic mass is 9.66. The third-order valence-electron chi connectivity index (χ3n) is 11.4. The van der Waals surface area contributed by atoms with E-state index in [4.69, 9.17) is 14.2 Å². The quantitative estimate of drug-likeness (QED) is 0.0893. The zero-order valence-corrected chi connectivity index (χ0v) is 30.2. The van der Waals surface area contributed by atoms with Gasteiger partial charge in [0.2, 0.25) is 0 Å². The summed E-state index contributed by atoms with van der Waals surface area (Å²) in [7, 11) is 0. The fraction of sp³-hybridized carbons (Fsp3) is 0.903. The average molecular weight is 649 g/mol. The van der Waals surface area contributed by atoms with Gasteiger partial charge in [0.15, 0.2) is 0 Å². The van der Waals surface area contributed by atoms with E-state index in [2.05, 4.69) is 66.0 Å². The lowest BCUT2D eigenvalue weighted by Crippen LogP contribution is -2.62. The van der Waals surface area contributed by atoms with Crippen LogP contribution in [0.5, 0.6) is 0 Å². The SMILES string of the molecule is CC1(C)CCCCC1(C)OC(=O)C(SP(S)S)(C(=O)OC1(C)CCCCC1(C)C)C(=O)OC1(C)CCCCC1(C)C. The summed E-state index contributed by atoms with van der Waals surface area (Å²) in [5, 5.41) is 0. The van der Waals surface area contributed by atoms with Crippen molar-refractivity contribution in [3.8, 4) is 0 Å². The molecule has 0 aromatic heterocycles. The molecule has 3 saturated carbocycles. The molecule has 236 valence electrons. The molecule has 3 aliphatic carbocycles. The Labute approximate surface area is 264 Å². The van der Waals surface area contributed by atoms with Crippen molar-refractivity contribution < 1.29 is 28.6 Å². The molecule has 0 aromatic rings. The zero-order valence-electron chi connectivity index (χ0n) is 26.7. The Morgan fingerprint density at radius 3 is 1.00 bits per heavy atom. The van der Waals surface area contributed by atoms with Crippen molar-refractivity contribution >= 4 is 59.3 Å². The van der Waals surface area contributed by atoms with E-state index in [-0.39, 0.29) is 16.2 Å². The molecule has 0 N–H and O–H groups in total. The van der Waals surface area contributed by atoms with Gasteiger partial charge in [-0.3, -0.25) is 0 Å². The summed E-state index contributed by atoms with van der Waals surface area (Å²) in [5.41, 5.74) is -5.20. The molecule has 0 amide bonds. The summed E-state index contributed by atoms with van der Waals surface area (Å²) < 4.78 is 16.6. The molecule has 3 atom stereocenters. The van der Waals surface area contributed by atoms with E-state index in [1.165, 1.54) is 0 Å². The number of rotatable bonds is 8. The Bertz CT molecular complexity index is 897. The first-order valence-electron chi connectivity index (χ1n) is 15.2. The maximum Gasteiger partial charge on any atom is 0.346 e. The first-order valence-corrected chi connectivity index (χ1v) is 20.3. The van der Waals surface area contributed by atoms with E-state index >= 15 is 0 Å². The summed E-state index contributed by atoms with van der Waals surface area (Å²) in [6.45, 7) is 18.2. The molecule has 0 aromatic carbocycles. The Balaban J connectivity index is 2.12. The van der Waals surface area contributed by atoms with Crippen LogP contribution in [-0.2, 0) is 28.6 Å². The van der Waals surface area contributed by atoms with Gasteiger partial charge in [0, 0.05) is 16.2 Å². The second kappa shape index (κ2) is 12.4. The highest BCUT2D eigenvalue weighted by atomic mass is 33.3. The van der Waals surface area contributed by atoms with Crippen molar-refractivity contribution in [3.63, 3.8) is 0 Å². The maximum absolute atomic E-state index is 14.6. The lowest BCUT2D eigenvalue weighted by molar-refractivity contribution is -0.204. The van der Waals surface area contributed by atoms with Crippen LogP contribution in [0.3, 0.4) is 0 Å².